The molecule has 0 fully saturated rings. The van der Waals surface area contributed by atoms with E-state index in [4.69, 9.17) is 4.84 Å². The van der Waals surface area contributed by atoms with Crippen molar-refractivity contribution in [3.63, 3.8) is 0 Å². The Bertz CT molecular complexity index is 984. The van der Waals surface area contributed by atoms with Crippen LogP contribution in [0.5, 0.6) is 0 Å². The SMILES string of the molecule is CON(C)C(=O)c1cnccc1-c1nc2cc(C(F)(F)F)cnc2n1C. The Hall–Kier alpha value is -3.01. The van der Waals surface area contributed by atoms with Crippen molar-refractivity contribution in [3.8, 4) is 11.4 Å². The van der Waals surface area contributed by atoms with Crippen LogP contribution < -0.4 is 0 Å². The molecule has 0 aliphatic rings. The van der Waals surface area contributed by atoms with Crippen molar-refractivity contribution in [1.82, 2.24) is 24.6 Å². The molecule has 0 bridgehead atoms. The number of carbonyl (C=O) groups excluding carboxylic acids is 1. The first kappa shape index (κ1) is 17.8. The van der Waals surface area contributed by atoms with E-state index in [1.165, 1.54) is 31.1 Å². The molecule has 26 heavy (non-hydrogen) atoms. The third-order valence-electron chi connectivity index (χ3n) is 3.89. The lowest BCUT2D eigenvalue weighted by molar-refractivity contribution is -0.137. The highest BCUT2D eigenvalue weighted by Gasteiger charge is 2.32. The van der Waals surface area contributed by atoms with Crippen LogP contribution in [0.1, 0.15) is 15.9 Å². The van der Waals surface area contributed by atoms with E-state index in [1.807, 2.05) is 0 Å². The number of aryl methyl sites for hydroxylation is 1. The van der Waals surface area contributed by atoms with E-state index in [-0.39, 0.29) is 16.7 Å². The van der Waals surface area contributed by atoms with E-state index in [0.717, 1.165) is 17.3 Å². The zero-order valence-electron chi connectivity index (χ0n) is 14.1. The number of fused-ring (bicyclic) bond motifs is 1. The third kappa shape index (κ3) is 2.99. The van der Waals surface area contributed by atoms with Crippen molar-refractivity contribution in [2.75, 3.05) is 14.2 Å². The maximum Gasteiger partial charge on any atom is 0.417 e. The van der Waals surface area contributed by atoms with Crippen LogP contribution in [-0.2, 0) is 18.1 Å². The van der Waals surface area contributed by atoms with E-state index >= 15 is 0 Å². The fourth-order valence-electron chi connectivity index (χ4n) is 2.48. The summed E-state index contributed by atoms with van der Waals surface area (Å²) in [5.41, 5.74) is 0.0602. The normalized spacial score (nSPS) is 11.8. The van der Waals surface area contributed by atoms with Gasteiger partial charge in [0.25, 0.3) is 5.91 Å². The predicted octanol–water partition coefficient (Wildman–Crippen LogP) is 2.68. The Morgan fingerprint density at radius 1 is 1.31 bits per heavy atom. The predicted molar refractivity (Wildman–Crippen MR) is 85.8 cm³/mol. The van der Waals surface area contributed by atoms with Gasteiger partial charge in [0.1, 0.15) is 11.3 Å². The number of amides is 1. The van der Waals surface area contributed by atoms with Gasteiger partial charge >= 0.3 is 6.18 Å². The van der Waals surface area contributed by atoms with Crippen LogP contribution in [0.25, 0.3) is 22.6 Å². The molecular weight excluding hydrogens is 351 g/mol. The van der Waals surface area contributed by atoms with Crippen LogP contribution in [-0.4, -0.2) is 44.6 Å². The molecule has 0 N–H and O–H groups in total. The highest BCUT2D eigenvalue weighted by Crippen LogP contribution is 2.32. The molecule has 7 nitrogen and oxygen atoms in total. The molecule has 0 unspecified atom stereocenters. The number of nitrogens with zero attached hydrogens (tertiary/aromatic N) is 5. The third-order valence-corrected chi connectivity index (χ3v) is 3.89. The van der Waals surface area contributed by atoms with Gasteiger partial charge in [0.05, 0.1) is 18.2 Å². The number of halogens is 3. The lowest BCUT2D eigenvalue weighted by Gasteiger charge is -2.15. The summed E-state index contributed by atoms with van der Waals surface area (Å²) in [6.45, 7) is 0. The number of hydroxylamine groups is 2. The Labute approximate surface area is 146 Å². The van der Waals surface area contributed by atoms with E-state index in [9.17, 15) is 18.0 Å². The van der Waals surface area contributed by atoms with Crippen LogP contribution in [0.2, 0.25) is 0 Å². The quantitative estimate of drug-likeness (QED) is 0.668. The topological polar surface area (TPSA) is 73.1 Å². The second-order valence-corrected chi connectivity index (χ2v) is 5.47. The smallest absolute Gasteiger partial charge is 0.312 e. The molecule has 1 amide bonds. The van der Waals surface area contributed by atoms with Gasteiger partial charge in [-0.05, 0) is 12.1 Å². The molecule has 0 aromatic carbocycles. The minimum atomic E-state index is -4.52. The lowest BCUT2D eigenvalue weighted by atomic mass is 10.1. The zero-order chi connectivity index (χ0) is 19.1. The van der Waals surface area contributed by atoms with Gasteiger partial charge in [0.2, 0.25) is 0 Å². The first-order chi connectivity index (χ1) is 12.2. The second kappa shape index (κ2) is 6.37. The number of rotatable bonds is 3. The monoisotopic (exact) mass is 365 g/mol. The number of pyridine rings is 2. The Kier molecular flexibility index (Phi) is 4.36. The van der Waals surface area contributed by atoms with Gasteiger partial charge in [-0.2, -0.15) is 13.2 Å². The first-order valence-electron chi connectivity index (χ1n) is 7.40. The summed E-state index contributed by atoms with van der Waals surface area (Å²) < 4.78 is 40.2. The molecule has 10 heteroatoms. The molecule has 0 aliphatic carbocycles. The molecule has 0 atom stereocenters. The van der Waals surface area contributed by atoms with Gasteiger partial charge in [-0.15, -0.1) is 0 Å². The number of aromatic nitrogens is 4. The van der Waals surface area contributed by atoms with Gasteiger partial charge < -0.3 is 4.57 Å². The van der Waals surface area contributed by atoms with Crippen molar-refractivity contribution in [2.45, 2.75) is 6.18 Å². The zero-order valence-corrected chi connectivity index (χ0v) is 14.1. The fourth-order valence-corrected chi connectivity index (χ4v) is 2.48. The summed E-state index contributed by atoms with van der Waals surface area (Å²) in [7, 11) is 4.39. The van der Waals surface area contributed by atoms with Crippen LogP contribution in [0.4, 0.5) is 13.2 Å². The van der Waals surface area contributed by atoms with Gasteiger partial charge in [0, 0.05) is 38.2 Å². The highest BCUT2D eigenvalue weighted by molar-refractivity contribution is 5.99. The minimum absolute atomic E-state index is 0.0765. The molecule has 0 saturated carbocycles. The Morgan fingerprint density at radius 3 is 2.69 bits per heavy atom. The van der Waals surface area contributed by atoms with Crippen molar-refractivity contribution in [3.05, 3.63) is 41.9 Å². The summed E-state index contributed by atoms with van der Waals surface area (Å²) in [5.74, 6) is -0.173. The number of alkyl halides is 3. The van der Waals surface area contributed by atoms with Gasteiger partial charge in [-0.25, -0.2) is 15.0 Å². The van der Waals surface area contributed by atoms with E-state index < -0.39 is 17.6 Å². The summed E-state index contributed by atoms with van der Waals surface area (Å²) >= 11 is 0. The van der Waals surface area contributed by atoms with Crippen LogP contribution in [0.15, 0.2) is 30.7 Å². The maximum atomic E-state index is 12.9. The van der Waals surface area contributed by atoms with Gasteiger partial charge in [0.15, 0.2) is 5.65 Å². The summed E-state index contributed by atoms with van der Waals surface area (Å²) in [6, 6.07) is 2.48. The molecular formula is C16H14F3N5O2. The molecule has 3 heterocycles. The van der Waals surface area contributed by atoms with E-state index in [1.54, 1.807) is 13.1 Å². The number of hydrogen-bond acceptors (Lipinski definition) is 5. The van der Waals surface area contributed by atoms with Crippen molar-refractivity contribution >= 4 is 17.1 Å². The molecule has 0 radical (unpaired) electrons. The number of hydrogen-bond donors (Lipinski definition) is 0. The summed E-state index contributed by atoms with van der Waals surface area (Å²) in [5, 5.41) is 1.02. The standard InChI is InChI=1S/C16H14F3N5O2/c1-23-13(10-4-5-20-8-11(10)15(25)24(2)26-3)22-12-6-9(16(17,18)19)7-21-14(12)23/h4-8H,1-3H3. The number of carbonyl (C=O) groups is 1. The Balaban J connectivity index is 2.18. The summed E-state index contributed by atoms with van der Waals surface area (Å²) in [6.07, 6.45) is -0.948. The van der Waals surface area contributed by atoms with Gasteiger partial charge in [-0.3, -0.25) is 14.6 Å². The van der Waals surface area contributed by atoms with E-state index in [2.05, 4.69) is 15.0 Å². The van der Waals surface area contributed by atoms with Crippen LogP contribution in [0, 0.1) is 0 Å². The maximum absolute atomic E-state index is 12.9. The summed E-state index contributed by atoms with van der Waals surface area (Å²) in [4.78, 5) is 29.4. The van der Waals surface area contributed by atoms with Crippen molar-refractivity contribution in [1.29, 1.82) is 0 Å². The average molecular weight is 365 g/mol. The lowest BCUT2D eigenvalue weighted by Crippen LogP contribution is -2.26. The molecule has 0 aliphatic heterocycles. The van der Waals surface area contributed by atoms with E-state index in [0.29, 0.717) is 11.4 Å². The van der Waals surface area contributed by atoms with Crippen molar-refractivity contribution < 1.29 is 22.8 Å². The van der Waals surface area contributed by atoms with Crippen molar-refractivity contribution in [2.24, 2.45) is 7.05 Å². The fraction of sp³-hybridized carbons (Fsp3) is 0.250. The van der Waals surface area contributed by atoms with Crippen LogP contribution >= 0.6 is 0 Å². The van der Waals surface area contributed by atoms with Gasteiger partial charge in [-0.1, -0.05) is 0 Å². The number of imidazole rings is 1. The second-order valence-electron chi connectivity index (χ2n) is 5.47. The highest BCUT2D eigenvalue weighted by atomic mass is 19.4. The first-order valence-corrected chi connectivity index (χ1v) is 7.40. The largest absolute Gasteiger partial charge is 0.417 e. The average Bonchev–Trinajstić information content (AvgIpc) is 2.95. The molecule has 3 rings (SSSR count). The molecule has 0 spiro atoms. The Morgan fingerprint density at radius 2 is 2.04 bits per heavy atom. The molecule has 0 saturated heterocycles. The molecule has 3 aromatic heterocycles. The molecule has 136 valence electrons. The van der Waals surface area contributed by atoms with Crippen LogP contribution in [0.3, 0.4) is 0 Å². The molecule has 3 aromatic rings. The minimum Gasteiger partial charge on any atom is -0.312 e.